The average molecular weight is 220 g/mol. The number of nitrogens with zero attached hydrogens (tertiary/aromatic N) is 1. The summed E-state index contributed by atoms with van der Waals surface area (Å²) in [6.45, 7) is 1.85. The van der Waals surface area contributed by atoms with Crippen LogP contribution in [0.15, 0.2) is 30.5 Å². The molecule has 0 saturated carbocycles. The predicted molar refractivity (Wildman–Crippen MR) is 57.6 cm³/mol. The van der Waals surface area contributed by atoms with Crippen molar-refractivity contribution in [1.29, 1.82) is 0 Å². The van der Waals surface area contributed by atoms with Gasteiger partial charge in [-0.15, -0.1) is 0 Å². The van der Waals surface area contributed by atoms with Gasteiger partial charge < -0.3 is 4.98 Å². The van der Waals surface area contributed by atoms with Crippen LogP contribution >= 0.6 is 0 Å². The summed E-state index contributed by atoms with van der Waals surface area (Å²) in [5.41, 5.74) is 1.64. The summed E-state index contributed by atoms with van der Waals surface area (Å²) in [4.78, 5) is 13.1. The van der Waals surface area contributed by atoms with Gasteiger partial charge in [0.15, 0.2) is 0 Å². The van der Waals surface area contributed by atoms with Gasteiger partial charge in [-0.2, -0.15) is 0 Å². The summed E-state index contributed by atoms with van der Waals surface area (Å²) in [6.07, 6.45) is 1.71. The molecule has 0 aliphatic carbocycles. The lowest BCUT2D eigenvalue weighted by molar-refractivity contribution is -0.384. The highest BCUT2D eigenvalue weighted by molar-refractivity contribution is 5.71. The number of halogens is 1. The van der Waals surface area contributed by atoms with Crippen LogP contribution in [0.1, 0.15) is 5.56 Å². The van der Waals surface area contributed by atoms with Crippen LogP contribution in [0.5, 0.6) is 0 Å². The van der Waals surface area contributed by atoms with E-state index in [4.69, 9.17) is 0 Å². The minimum atomic E-state index is -0.523. The molecule has 82 valence electrons. The lowest BCUT2D eigenvalue weighted by Crippen LogP contribution is -1.92. The molecule has 0 spiro atoms. The summed E-state index contributed by atoms with van der Waals surface area (Å²) in [6, 6.07) is 5.14. The lowest BCUT2D eigenvalue weighted by Gasteiger charge is -2.00. The second kappa shape index (κ2) is 3.77. The Morgan fingerprint density at radius 2 is 2.12 bits per heavy atom. The van der Waals surface area contributed by atoms with Crippen molar-refractivity contribution in [2.75, 3.05) is 0 Å². The average Bonchev–Trinajstić information content (AvgIpc) is 2.64. The van der Waals surface area contributed by atoms with E-state index in [1.54, 1.807) is 12.3 Å². The van der Waals surface area contributed by atoms with Crippen molar-refractivity contribution >= 4 is 5.69 Å². The van der Waals surface area contributed by atoms with Crippen LogP contribution in [0.2, 0.25) is 0 Å². The van der Waals surface area contributed by atoms with E-state index in [-0.39, 0.29) is 11.3 Å². The van der Waals surface area contributed by atoms with Gasteiger partial charge >= 0.3 is 0 Å². The molecule has 0 atom stereocenters. The fourth-order valence-corrected chi connectivity index (χ4v) is 1.54. The number of hydrogen-bond donors (Lipinski definition) is 1. The Morgan fingerprint density at radius 3 is 2.69 bits per heavy atom. The molecule has 4 nitrogen and oxygen atoms in total. The molecule has 2 aromatic rings. The Kier molecular flexibility index (Phi) is 2.44. The maximum absolute atomic E-state index is 13.1. The number of nitro benzene ring substituents is 1. The van der Waals surface area contributed by atoms with Gasteiger partial charge in [-0.3, -0.25) is 10.1 Å². The molecule has 0 radical (unpaired) electrons. The van der Waals surface area contributed by atoms with Crippen molar-refractivity contribution < 1.29 is 9.31 Å². The molecule has 5 heteroatoms. The largest absolute Gasteiger partial charge is 0.361 e. The van der Waals surface area contributed by atoms with Crippen LogP contribution in [0, 0.1) is 22.9 Å². The third kappa shape index (κ3) is 1.79. The Hall–Kier alpha value is -2.17. The standard InChI is InChI=1S/C11H9FN2O2/c1-7-4-10(13-6-7)9-5-8(12)2-3-11(9)14(15)16/h2-6,13H,1H3. The molecule has 0 bridgehead atoms. The molecule has 16 heavy (non-hydrogen) atoms. The van der Waals surface area contributed by atoms with Gasteiger partial charge in [-0.05, 0) is 30.7 Å². The zero-order valence-corrected chi connectivity index (χ0v) is 8.53. The minimum absolute atomic E-state index is 0.108. The molecular formula is C11H9FN2O2. The van der Waals surface area contributed by atoms with Gasteiger partial charge in [0.25, 0.3) is 5.69 Å². The molecule has 1 heterocycles. The fraction of sp³-hybridized carbons (Fsp3) is 0.0909. The van der Waals surface area contributed by atoms with Gasteiger partial charge in [0.05, 0.1) is 16.2 Å². The summed E-state index contributed by atoms with van der Waals surface area (Å²) in [5.74, 6) is -0.493. The van der Waals surface area contributed by atoms with Crippen LogP contribution < -0.4 is 0 Å². The second-order valence-electron chi connectivity index (χ2n) is 3.51. The smallest absolute Gasteiger partial charge is 0.278 e. The number of aromatic nitrogens is 1. The second-order valence-corrected chi connectivity index (χ2v) is 3.51. The van der Waals surface area contributed by atoms with Crippen LogP contribution in [0.4, 0.5) is 10.1 Å². The minimum Gasteiger partial charge on any atom is -0.361 e. The fourth-order valence-electron chi connectivity index (χ4n) is 1.54. The number of nitrogens with one attached hydrogen (secondary N) is 1. The highest BCUT2D eigenvalue weighted by atomic mass is 19.1. The van der Waals surface area contributed by atoms with Gasteiger partial charge in [0.1, 0.15) is 5.82 Å². The normalized spacial score (nSPS) is 10.4. The van der Waals surface area contributed by atoms with Crippen molar-refractivity contribution in [3.63, 3.8) is 0 Å². The summed E-state index contributed by atoms with van der Waals surface area (Å²) < 4.78 is 13.1. The third-order valence-electron chi connectivity index (χ3n) is 2.27. The van der Waals surface area contributed by atoms with Crippen molar-refractivity contribution in [1.82, 2.24) is 4.98 Å². The maximum atomic E-state index is 13.1. The first-order valence-electron chi connectivity index (χ1n) is 4.67. The molecule has 0 amide bonds. The molecule has 0 saturated heterocycles. The number of H-pyrrole nitrogens is 1. The van der Waals surface area contributed by atoms with Gasteiger partial charge in [-0.25, -0.2) is 4.39 Å². The quantitative estimate of drug-likeness (QED) is 0.624. The van der Waals surface area contributed by atoms with E-state index in [9.17, 15) is 14.5 Å². The molecule has 1 aromatic carbocycles. The van der Waals surface area contributed by atoms with Gasteiger partial charge in [0.2, 0.25) is 0 Å². The highest BCUT2D eigenvalue weighted by Crippen LogP contribution is 2.29. The first kappa shape index (κ1) is 10.4. The topological polar surface area (TPSA) is 58.9 Å². The van der Waals surface area contributed by atoms with Crippen LogP contribution in [-0.4, -0.2) is 9.91 Å². The van der Waals surface area contributed by atoms with Crippen LogP contribution in [-0.2, 0) is 0 Å². The molecule has 0 fully saturated rings. The summed E-state index contributed by atoms with van der Waals surface area (Å²) in [5, 5.41) is 10.8. The third-order valence-corrected chi connectivity index (χ3v) is 2.27. The first-order chi connectivity index (χ1) is 7.58. The number of hydrogen-bond acceptors (Lipinski definition) is 2. The highest BCUT2D eigenvalue weighted by Gasteiger charge is 2.16. The van der Waals surface area contributed by atoms with Gasteiger partial charge in [-0.1, -0.05) is 0 Å². The molecule has 0 aliphatic rings. The van der Waals surface area contributed by atoms with E-state index in [0.717, 1.165) is 17.7 Å². The summed E-state index contributed by atoms with van der Waals surface area (Å²) >= 11 is 0. The molecule has 2 rings (SSSR count). The molecule has 0 unspecified atom stereocenters. The number of aromatic amines is 1. The van der Waals surface area contributed by atoms with E-state index >= 15 is 0 Å². The van der Waals surface area contributed by atoms with Crippen LogP contribution in [0.3, 0.4) is 0 Å². The predicted octanol–water partition coefficient (Wildman–Crippen LogP) is 3.04. The molecule has 0 aliphatic heterocycles. The van der Waals surface area contributed by atoms with E-state index in [1.165, 1.54) is 6.07 Å². The molecule has 1 N–H and O–H groups in total. The zero-order valence-electron chi connectivity index (χ0n) is 8.53. The maximum Gasteiger partial charge on any atom is 0.278 e. The zero-order chi connectivity index (χ0) is 11.7. The van der Waals surface area contributed by atoms with Crippen molar-refractivity contribution in [3.8, 4) is 11.3 Å². The van der Waals surface area contributed by atoms with Crippen molar-refractivity contribution in [3.05, 3.63) is 52.0 Å². The van der Waals surface area contributed by atoms with Gasteiger partial charge in [0, 0.05) is 12.3 Å². The molecular weight excluding hydrogens is 211 g/mol. The van der Waals surface area contributed by atoms with E-state index < -0.39 is 10.7 Å². The Balaban J connectivity index is 2.62. The summed E-state index contributed by atoms with van der Waals surface area (Å²) in [7, 11) is 0. The van der Waals surface area contributed by atoms with Crippen LogP contribution in [0.25, 0.3) is 11.3 Å². The first-order valence-corrected chi connectivity index (χ1v) is 4.67. The SMILES string of the molecule is Cc1c[nH]c(-c2cc(F)ccc2[N+](=O)[O-])c1. The van der Waals surface area contributed by atoms with E-state index in [0.29, 0.717) is 5.69 Å². The van der Waals surface area contributed by atoms with Crippen molar-refractivity contribution in [2.24, 2.45) is 0 Å². The molecule has 1 aromatic heterocycles. The Bertz CT molecular complexity index is 549. The lowest BCUT2D eigenvalue weighted by atomic mass is 10.1. The van der Waals surface area contributed by atoms with Crippen molar-refractivity contribution in [2.45, 2.75) is 6.92 Å². The number of rotatable bonds is 2. The number of nitro groups is 1. The number of aryl methyl sites for hydroxylation is 1. The Labute approximate surface area is 90.9 Å². The monoisotopic (exact) mass is 220 g/mol. The Morgan fingerprint density at radius 1 is 1.38 bits per heavy atom. The van der Waals surface area contributed by atoms with E-state index in [2.05, 4.69) is 4.98 Å². The van der Waals surface area contributed by atoms with E-state index in [1.807, 2.05) is 6.92 Å². The number of benzene rings is 1.